The molecule has 0 spiro atoms. The van der Waals surface area contributed by atoms with Gasteiger partial charge in [-0.1, -0.05) is 6.08 Å². The highest BCUT2D eigenvalue weighted by Crippen LogP contribution is 2.17. The number of allylic oxidation sites excluding steroid dienone is 2. The molecule has 0 aliphatic heterocycles. The van der Waals surface area contributed by atoms with Crippen LogP contribution in [0.5, 0.6) is 0 Å². The Bertz CT molecular complexity index is 151. The van der Waals surface area contributed by atoms with Gasteiger partial charge in [0.25, 0.3) is 0 Å². The summed E-state index contributed by atoms with van der Waals surface area (Å²) in [6.07, 6.45) is 6.39. The molecule has 0 amide bonds. The molecule has 0 bridgehead atoms. The van der Waals surface area contributed by atoms with Gasteiger partial charge in [-0.2, -0.15) is 0 Å². The highest BCUT2D eigenvalue weighted by atomic mass is 16.1. The highest BCUT2D eigenvalue weighted by Gasteiger charge is 2.11. The molecule has 1 aliphatic carbocycles. The van der Waals surface area contributed by atoms with Crippen LogP contribution in [0.2, 0.25) is 0 Å². The molecule has 2 N–H and O–H groups in total. The van der Waals surface area contributed by atoms with Crippen LogP contribution in [0.15, 0.2) is 12.2 Å². The normalized spacial score (nSPS) is 25.3. The summed E-state index contributed by atoms with van der Waals surface area (Å²) in [7, 11) is 0. The number of rotatable bonds is 2. The highest BCUT2D eigenvalue weighted by molar-refractivity contribution is 5.90. The Kier molecular flexibility index (Phi) is 2.63. The summed E-state index contributed by atoms with van der Waals surface area (Å²) in [5, 5.41) is 0. The van der Waals surface area contributed by atoms with E-state index in [0.717, 1.165) is 19.4 Å². The average molecular weight is 139 g/mol. The Balaban J connectivity index is 2.37. The fourth-order valence-electron chi connectivity index (χ4n) is 1.21. The van der Waals surface area contributed by atoms with E-state index in [1.54, 1.807) is 6.08 Å². The van der Waals surface area contributed by atoms with Crippen LogP contribution in [-0.4, -0.2) is 12.3 Å². The minimum absolute atomic E-state index is 0.258. The van der Waals surface area contributed by atoms with Gasteiger partial charge in [-0.3, -0.25) is 4.79 Å². The van der Waals surface area contributed by atoms with E-state index in [9.17, 15) is 4.79 Å². The molecule has 0 fully saturated rings. The fraction of sp³-hybridized carbons (Fsp3) is 0.625. The average Bonchev–Trinajstić information content (AvgIpc) is 1.95. The van der Waals surface area contributed by atoms with Crippen LogP contribution in [0.1, 0.15) is 19.3 Å². The van der Waals surface area contributed by atoms with E-state index < -0.39 is 0 Å². The molecule has 0 saturated carbocycles. The van der Waals surface area contributed by atoms with Gasteiger partial charge in [0.15, 0.2) is 5.78 Å². The van der Waals surface area contributed by atoms with E-state index in [0.29, 0.717) is 12.3 Å². The Morgan fingerprint density at radius 2 is 2.50 bits per heavy atom. The molecule has 56 valence electrons. The lowest BCUT2D eigenvalue weighted by Gasteiger charge is -2.13. The predicted molar refractivity (Wildman–Crippen MR) is 40.5 cm³/mol. The Hall–Kier alpha value is -0.630. The van der Waals surface area contributed by atoms with Gasteiger partial charge in [-0.15, -0.1) is 0 Å². The smallest absolute Gasteiger partial charge is 0.155 e. The maximum atomic E-state index is 10.7. The lowest BCUT2D eigenvalue weighted by molar-refractivity contribution is -0.115. The van der Waals surface area contributed by atoms with E-state index in [1.807, 2.05) is 6.08 Å². The van der Waals surface area contributed by atoms with Crippen LogP contribution in [0.3, 0.4) is 0 Å². The minimum Gasteiger partial charge on any atom is -0.330 e. The van der Waals surface area contributed by atoms with E-state index in [1.165, 1.54) is 0 Å². The third kappa shape index (κ3) is 1.95. The molecule has 1 atom stereocenters. The lowest BCUT2D eigenvalue weighted by atomic mass is 9.93. The fourth-order valence-corrected chi connectivity index (χ4v) is 1.21. The molecular formula is C8H13NO. The largest absolute Gasteiger partial charge is 0.330 e. The third-order valence-electron chi connectivity index (χ3n) is 1.85. The van der Waals surface area contributed by atoms with Gasteiger partial charge < -0.3 is 5.73 Å². The van der Waals surface area contributed by atoms with E-state index in [2.05, 4.69) is 0 Å². The summed E-state index contributed by atoms with van der Waals surface area (Å²) < 4.78 is 0. The molecule has 1 rings (SSSR count). The van der Waals surface area contributed by atoms with Crippen LogP contribution in [0.4, 0.5) is 0 Å². The summed E-state index contributed by atoms with van der Waals surface area (Å²) >= 11 is 0. The second-order valence-electron chi connectivity index (χ2n) is 2.70. The summed E-state index contributed by atoms with van der Waals surface area (Å²) in [6.45, 7) is 0.725. The second kappa shape index (κ2) is 3.52. The summed E-state index contributed by atoms with van der Waals surface area (Å²) in [5.41, 5.74) is 5.38. The van der Waals surface area contributed by atoms with Crippen molar-refractivity contribution in [2.45, 2.75) is 19.3 Å². The molecule has 2 nitrogen and oxygen atoms in total. The first-order valence-corrected chi connectivity index (χ1v) is 3.74. The molecule has 1 aliphatic rings. The molecule has 0 aromatic rings. The Morgan fingerprint density at radius 3 is 3.00 bits per heavy atom. The van der Waals surface area contributed by atoms with Gasteiger partial charge in [0.1, 0.15) is 0 Å². The molecule has 0 radical (unpaired) electrons. The molecule has 0 heterocycles. The zero-order valence-corrected chi connectivity index (χ0v) is 6.05. The van der Waals surface area contributed by atoms with Gasteiger partial charge in [-0.05, 0) is 31.4 Å². The van der Waals surface area contributed by atoms with Crippen molar-refractivity contribution in [1.29, 1.82) is 0 Å². The van der Waals surface area contributed by atoms with Crippen LogP contribution < -0.4 is 5.73 Å². The van der Waals surface area contributed by atoms with Crippen molar-refractivity contribution < 1.29 is 4.79 Å². The minimum atomic E-state index is 0.258. The lowest BCUT2D eigenvalue weighted by Crippen LogP contribution is -2.12. The third-order valence-corrected chi connectivity index (χ3v) is 1.85. The van der Waals surface area contributed by atoms with Gasteiger partial charge in [-0.25, -0.2) is 0 Å². The van der Waals surface area contributed by atoms with Crippen molar-refractivity contribution in [2.24, 2.45) is 11.7 Å². The Labute approximate surface area is 61.1 Å². The number of carbonyl (C=O) groups excluding carboxylic acids is 1. The van der Waals surface area contributed by atoms with Gasteiger partial charge in [0.05, 0.1) is 0 Å². The predicted octanol–water partition coefficient (Wildman–Crippen LogP) is 0.871. The van der Waals surface area contributed by atoms with Gasteiger partial charge in [0.2, 0.25) is 0 Å². The van der Waals surface area contributed by atoms with E-state index in [-0.39, 0.29) is 5.78 Å². The maximum absolute atomic E-state index is 10.7. The zero-order valence-electron chi connectivity index (χ0n) is 6.05. The number of ketones is 1. The van der Waals surface area contributed by atoms with E-state index in [4.69, 9.17) is 5.73 Å². The summed E-state index contributed by atoms with van der Waals surface area (Å²) in [5.74, 6) is 0.816. The zero-order chi connectivity index (χ0) is 7.40. The van der Waals surface area contributed by atoms with Crippen LogP contribution in [0, 0.1) is 5.92 Å². The first-order valence-electron chi connectivity index (χ1n) is 3.74. The second-order valence-corrected chi connectivity index (χ2v) is 2.70. The van der Waals surface area contributed by atoms with Crippen molar-refractivity contribution in [2.75, 3.05) is 6.54 Å². The van der Waals surface area contributed by atoms with Crippen LogP contribution >= 0.6 is 0 Å². The number of hydrogen-bond donors (Lipinski definition) is 1. The van der Waals surface area contributed by atoms with Crippen molar-refractivity contribution in [1.82, 2.24) is 0 Å². The van der Waals surface area contributed by atoms with Gasteiger partial charge in [0, 0.05) is 6.42 Å². The standard InChI is InChI=1S/C8H13NO/c9-6-5-7-1-3-8(10)4-2-7/h1,3,7H,2,4-6,9H2. The molecular weight excluding hydrogens is 126 g/mol. The van der Waals surface area contributed by atoms with Crippen molar-refractivity contribution in [3.63, 3.8) is 0 Å². The van der Waals surface area contributed by atoms with Crippen LogP contribution in [0.25, 0.3) is 0 Å². The first-order chi connectivity index (χ1) is 4.83. The Morgan fingerprint density at radius 1 is 1.70 bits per heavy atom. The molecule has 1 unspecified atom stereocenters. The van der Waals surface area contributed by atoms with Gasteiger partial charge >= 0.3 is 0 Å². The number of carbonyl (C=O) groups is 1. The first kappa shape index (κ1) is 7.48. The van der Waals surface area contributed by atoms with E-state index >= 15 is 0 Å². The SMILES string of the molecule is NCCC1C=CC(=O)CC1. The topological polar surface area (TPSA) is 43.1 Å². The number of nitrogens with two attached hydrogens (primary N) is 1. The van der Waals surface area contributed by atoms with Crippen molar-refractivity contribution in [3.8, 4) is 0 Å². The quantitative estimate of drug-likeness (QED) is 0.617. The van der Waals surface area contributed by atoms with Crippen LogP contribution in [-0.2, 0) is 4.79 Å². The molecule has 0 saturated heterocycles. The van der Waals surface area contributed by atoms with Crippen molar-refractivity contribution >= 4 is 5.78 Å². The molecule has 10 heavy (non-hydrogen) atoms. The molecule has 2 heteroatoms. The molecule has 0 aromatic heterocycles. The molecule has 0 aromatic carbocycles. The monoisotopic (exact) mass is 139 g/mol. The summed E-state index contributed by atoms with van der Waals surface area (Å²) in [6, 6.07) is 0. The van der Waals surface area contributed by atoms with Crippen molar-refractivity contribution in [3.05, 3.63) is 12.2 Å². The maximum Gasteiger partial charge on any atom is 0.155 e. The summed E-state index contributed by atoms with van der Waals surface area (Å²) in [4.78, 5) is 10.7. The number of hydrogen-bond acceptors (Lipinski definition) is 2.